The van der Waals surface area contributed by atoms with Crippen LogP contribution in [0.3, 0.4) is 0 Å². The maximum Gasteiger partial charge on any atom is 0.119 e. The van der Waals surface area contributed by atoms with E-state index in [2.05, 4.69) is 5.32 Å². The van der Waals surface area contributed by atoms with Crippen LogP contribution in [0.15, 0.2) is 0 Å². The zero-order chi connectivity index (χ0) is 11.5. The summed E-state index contributed by atoms with van der Waals surface area (Å²) in [6, 6.07) is 0. The fraction of sp³-hybridized carbons (Fsp3) is 1.00. The predicted octanol–water partition coefficient (Wildman–Crippen LogP) is 0.770. The first kappa shape index (κ1) is 12.3. The van der Waals surface area contributed by atoms with Gasteiger partial charge in [0.1, 0.15) is 5.72 Å². The number of hydrogen-bond donors (Lipinski definition) is 3. The van der Waals surface area contributed by atoms with E-state index in [1.807, 2.05) is 0 Å². The zero-order valence-corrected chi connectivity index (χ0v) is 9.87. The summed E-state index contributed by atoms with van der Waals surface area (Å²) in [6.07, 6.45) is 7.16. The van der Waals surface area contributed by atoms with E-state index < -0.39 is 0 Å². The molecular formula is C12H23NO3. The molecule has 1 heterocycles. The van der Waals surface area contributed by atoms with Crippen molar-refractivity contribution in [1.82, 2.24) is 5.32 Å². The number of nitrogens with one attached hydrogen (secondary N) is 1. The minimum absolute atomic E-state index is 0.145. The van der Waals surface area contributed by atoms with Crippen molar-refractivity contribution in [2.75, 3.05) is 19.8 Å². The number of aliphatic hydroxyl groups is 2. The van der Waals surface area contributed by atoms with Crippen LogP contribution in [0.2, 0.25) is 0 Å². The molecule has 4 heteroatoms. The molecule has 1 saturated heterocycles. The van der Waals surface area contributed by atoms with E-state index in [9.17, 15) is 0 Å². The Kier molecular flexibility index (Phi) is 3.85. The van der Waals surface area contributed by atoms with Gasteiger partial charge in [0, 0.05) is 18.8 Å². The molecule has 0 aromatic rings. The van der Waals surface area contributed by atoms with Crippen molar-refractivity contribution in [1.29, 1.82) is 0 Å². The van der Waals surface area contributed by atoms with Gasteiger partial charge in [-0.25, -0.2) is 0 Å². The molecule has 16 heavy (non-hydrogen) atoms. The SMILES string of the molecule is OCCC1(CCO)COC2(CCCCC2)N1. The monoisotopic (exact) mass is 229 g/mol. The Morgan fingerprint density at radius 1 is 1.00 bits per heavy atom. The highest BCUT2D eigenvalue weighted by atomic mass is 16.5. The summed E-state index contributed by atoms with van der Waals surface area (Å²) in [7, 11) is 0. The summed E-state index contributed by atoms with van der Waals surface area (Å²) in [4.78, 5) is 0. The number of aliphatic hydroxyl groups excluding tert-OH is 2. The molecule has 0 atom stereocenters. The van der Waals surface area contributed by atoms with E-state index in [0.717, 1.165) is 12.8 Å². The van der Waals surface area contributed by atoms with E-state index in [1.165, 1.54) is 19.3 Å². The van der Waals surface area contributed by atoms with E-state index in [-0.39, 0.29) is 24.5 Å². The topological polar surface area (TPSA) is 61.7 Å². The van der Waals surface area contributed by atoms with Crippen molar-refractivity contribution in [3.05, 3.63) is 0 Å². The van der Waals surface area contributed by atoms with Gasteiger partial charge in [0.25, 0.3) is 0 Å². The smallest absolute Gasteiger partial charge is 0.119 e. The van der Waals surface area contributed by atoms with Crippen LogP contribution >= 0.6 is 0 Å². The molecule has 2 fully saturated rings. The predicted molar refractivity (Wildman–Crippen MR) is 61.0 cm³/mol. The molecule has 1 aliphatic heterocycles. The molecule has 2 rings (SSSR count). The van der Waals surface area contributed by atoms with Crippen molar-refractivity contribution >= 4 is 0 Å². The van der Waals surface area contributed by atoms with Gasteiger partial charge in [-0.3, -0.25) is 5.32 Å². The molecule has 4 nitrogen and oxygen atoms in total. The molecule has 94 valence electrons. The first-order valence-electron chi connectivity index (χ1n) is 6.39. The van der Waals surface area contributed by atoms with Crippen molar-refractivity contribution < 1.29 is 14.9 Å². The molecule has 0 aromatic heterocycles. The molecule has 3 N–H and O–H groups in total. The van der Waals surface area contributed by atoms with Crippen LogP contribution in [0.4, 0.5) is 0 Å². The lowest BCUT2D eigenvalue weighted by Crippen LogP contribution is -2.53. The Hall–Kier alpha value is -0.160. The number of ether oxygens (including phenoxy) is 1. The van der Waals surface area contributed by atoms with E-state index >= 15 is 0 Å². The molecule has 0 aromatic carbocycles. The minimum atomic E-state index is -0.208. The highest BCUT2D eigenvalue weighted by Gasteiger charge is 2.48. The standard InChI is InChI=1S/C12H23NO3/c14-8-6-11(7-9-15)10-16-12(13-11)4-2-1-3-5-12/h13-15H,1-10H2. The molecular weight excluding hydrogens is 206 g/mol. The van der Waals surface area contributed by atoms with Crippen LogP contribution in [0.5, 0.6) is 0 Å². The third-order valence-corrected chi connectivity index (χ3v) is 3.96. The lowest BCUT2D eigenvalue weighted by molar-refractivity contribution is -0.0384. The fourth-order valence-electron chi connectivity index (χ4n) is 3.05. The van der Waals surface area contributed by atoms with E-state index in [0.29, 0.717) is 19.4 Å². The number of rotatable bonds is 4. The van der Waals surface area contributed by atoms with Gasteiger partial charge in [0.15, 0.2) is 0 Å². The Balaban J connectivity index is 2.01. The highest BCUT2D eigenvalue weighted by molar-refractivity contribution is 5.01. The van der Waals surface area contributed by atoms with Crippen LogP contribution in [0, 0.1) is 0 Å². The van der Waals surface area contributed by atoms with Gasteiger partial charge in [-0.1, -0.05) is 6.42 Å². The summed E-state index contributed by atoms with van der Waals surface area (Å²) in [5, 5.41) is 21.8. The van der Waals surface area contributed by atoms with Crippen molar-refractivity contribution in [2.24, 2.45) is 0 Å². The lowest BCUT2D eigenvalue weighted by atomic mass is 9.88. The van der Waals surface area contributed by atoms with Crippen LogP contribution in [-0.4, -0.2) is 41.3 Å². The largest absolute Gasteiger partial charge is 0.396 e. The van der Waals surface area contributed by atoms with Gasteiger partial charge in [-0.2, -0.15) is 0 Å². The Morgan fingerprint density at radius 2 is 1.62 bits per heavy atom. The molecule has 0 radical (unpaired) electrons. The molecule has 0 unspecified atom stereocenters. The number of hydrogen-bond acceptors (Lipinski definition) is 4. The molecule has 1 spiro atoms. The Labute approximate surface area is 97.0 Å². The van der Waals surface area contributed by atoms with E-state index in [1.54, 1.807) is 0 Å². The summed E-state index contributed by atoms with van der Waals surface area (Å²) >= 11 is 0. The van der Waals surface area contributed by atoms with Gasteiger partial charge < -0.3 is 14.9 Å². The lowest BCUT2D eigenvalue weighted by Gasteiger charge is -2.36. The van der Waals surface area contributed by atoms with Gasteiger partial charge >= 0.3 is 0 Å². The average Bonchev–Trinajstić information content (AvgIpc) is 2.60. The second kappa shape index (κ2) is 5.00. The Morgan fingerprint density at radius 3 is 2.19 bits per heavy atom. The molecule has 1 aliphatic carbocycles. The quantitative estimate of drug-likeness (QED) is 0.666. The van der Waals surface area contributed by atoms with E-state index in [4.69, 9.17) is 14.9 Å². The summed E-state index contributed by atoms with van der Waals surface area (Å²) < 4.78 is 5.97. The van der Waals surface area contributed by atoms with Crippen LogP contribution in [0.1, 0.15) is 44.9 Å². The normalized spacial score (nSPS) is 27.4. The fourth-order valence-corrected chi connectivity index (χ4v) is 3.05. The highest BCUT2D eigenvalue weighted by Crippen LogP contribution is 2.38. The van der Waals surface area contributed by atoms with Crippen LogP contribution in [-0.2, 0) is 4.74 Å². The first-order chi connectivity index (χ1) is 7.74. The summed E-state index contributed by atoms with van der Waals surface area (Å²) in [5.41, 5.74) is -0.372. The van der Waals surface area contributed by atoms with Crippen LogP contribution in [0.25, 0.3) is 0 Å². The van der Waals surface area contributed by atoms with Crippen molar-refractivity contribution in [3.8, 4) is 0 Å². The minimum Gasteiger partial charge on any atom is -0.396 e. The third kappa shape index (κ3) is 2.40. The van der Waals surface area contributed by atoms with Gasteiger partial charge in [-0.05, 0) is 38.5 Å². The summed E-state index contributed by atoms with van der Waals surface area (Å²) in [6.45, 7) is 0.910. The molecule has 0 amide bonds. The first-order valence-corrected chi connectivity index (χ1v) is 6.39. The van der Waals surface area contributed by atoms with Gasteiger partial charge in [0.05, 0.1) is 6.61 Å². The average molecular weight is 229 g/mol. The molecule has 0 bridgehead atoms. The molecule has 2 aliphatic rings. The summed E-state index contributed by atoms with van der Waals surface area (Å²) in [5.74, 6) is 0. The second-order valence-corrected chi connectivity index (χ2v) is 5.20. The third-order valence-electron chi connectivity index (χ3n) is 3.96. The zero-order valence-electron chi connectivity index (χ0n) is 9.87. The van der Waals surface area contributed by atoms with Crippen LogP contribution < -0.4 is 5.32 Å². The molecule has 1 saturated carbocycles. The second-order valence-electron chi connectivity index (χ2n) is 5.20. The maximum absolute atomic E-state index is 9.13. The maximum atomic E-state index is 9.13. The van der Waals surface area contributed by atoms with Gasteiger partial charge in [-0.15, -0.1) is 0 Å². The Bertz CT molecular complexity index is 220. The van der Waals surface area contributed by atoms with Gasteiger partial charge in [0.2, 0.25) is 0 Å². The van der Waals surface area contributed by atoms with Crippen molar-refractivity contribution in [3.63, 3.8) is 0 Å². The van der Waals surface area contributed by atoms with Crippen molar-refractivity contribution in [2.45, 2.75) is 56.2 Å².